The van der Waals surface area contributed by atoms with E-state index in [1.807, 2.05) is 13.0 Å². The number of benzene rings is 2. The maximum Gasteiger partial charge on any atom is 0.272 e. The van der Waals surface area contributed by atoms with Crippen LogP contribution < -0.4 is 14.4 Å². The van der Waals surface area contributed by atoms with E-state index in [4.69, 9.17) is 9.47 Å². The highest BCUT2D eigenvalue weighted by Gasteiger charge is 2.40. The third-order valence-corrected chi connectivity index (χ3v) is 5.37. The number of hydrogen-bond donors (Lipinski definition) is 1. The molecule has 0 radical (unpaired) electrons. The van der Waals surface area contributed by atoms with Gasteiger partial charge in [-0.25, -0.2) is 4.90 Å². The van der Waals surface area contributed by atoms with Crippen LogP contribution in [0.5, 0.6) is 11.5 Å². The number of nitrogens with zero attached hydrogens (tertiary/aromatic N) is 1. The first-order valence-electron chi connectivity index (χ1n) is 8.67. The standard InChI is InChI=1S/C21H21NO5S/c1-13-5-4-6-15(11-13)22-20(24)18(19(21(22)25)28-10-9-23)14-7-8-16(26-2)17(12-14)27-3/h4-8,11-12,23H,9-10H2,1-3H3. The van der Waals surface area contributed by atoms with Crippen molar-refractivity contribution in [2.45, 2.75) is 6.92 Å². The van der Waals surface area contributed by atoms with Crippen LogP contribution in [-0.2, 0) is 9.59 Å². The highest BCUT2D eigenvalue weighted by Crippen LogP contribution is 2.40. The molecule has 2 aromatic rings. The first-order chi connectivity index (χ1) is 13.5. The monoisotopic (exact) mass is 399 g/mol. The lowest BCUT2D eigenvalue weighted by atomic mass is 10.1. The molecule has 0 aliphatic carbocycles. The number of rotatable bonds is 7. The van der Waals surface area contributed by atoms with Gasteiger partial charge in [0, 0.05) is 5.75 Å². The van der Waals surface area contributed by atoms with Crippen molar-refractivity contribution in [1.82, 2.24) is 0 Å². The molecule has 146 valence electrons. The molecule has 3 rings (SSSR count). The summed E-state index contributed by atoms with van der Waals surface area (Å²) in [6, 6.07) is 12.3. The molecule has 0 unspecified atom stereocenters. The van der Waals surface area contributed by atoms with E-state index in [2.05, 4.69) is 0 Å². The fourth-order valence-corrected chi connectivity index (χ4v) is 3.90. The molecule has 7 heteroatoms. The first-order valence-corrected chi connectivity index (χ1v) is 9.66. The summed E-state index contributed by atoms with van der Waals surface area (Å²) < 4.78 is 10.6. The van der Waals surface area contributed by atoms with Crippen LogP contribution in [0.3, 0.4) is 0 Å². The Kier molecular flexibility index (Phi) is 6.06. The zero-order valence-electron chi connectivity index (χ0n) is 15.9. The van der Waals surface area contributed by atoms with E-state index < -0.39 is 5.91 Å². The largest absolute Gasteiger partial charge is 0.493 e. The second-order valence-electron chi connectivity index (χ2n) is 6.13. The number of carbonyl (C=O) groups excluding carboxylic acids is 2. The molecule has 0 spiro atoms. The van der Waals surface area contributed by atoms with Crippen molar-refractivity contribution in [3.63, 3.8) is 0 Å². The van der Waals surface area contributed by atoms with Crippen molar-refractivity contribution in [3.05, 3.63) is 58.5 Å². The van der Waals surface area contributed by atoms with E-state index in [-0.39, 0.29) is 12.5 Å². The average molecular weight is 399 g/mol. The van der Waals surface area contributed by atoms with Gasteiger partial charge in [-0.05, 0) is 42.3 Å². The Hall–Kier alpha value is -2.77. The second-order valence-corrected chi connectivity index (χ2v) is 7.24. The van der Waals surface area contributed by atoms with Crippen LogP contribution in [0.25, 0.3) is 5.57 Å². The number of aliphatic hydroxyl groups excluding tert-OH is 1. The van der Waals surface area contributed by atoms with Crippen LogP contribution in [0.15, 0.2) is 47.4 Å². The summed E-state index contributed by atoms with van der Waals surface area (Å²) in [5, 5.41) is 9.22. The quantitative estimate of drug-likeness (QED) is 0.722. The minimum Gasteiger partial charge on any atom is -0.493 e. The van der Waals surface area contributed by atoms with Gasteiger partial charge in [-0.3, -0.25) is 9.59 Å². The Morgan fingerprint density at radius 2 is 1.75 bits per heavy atom. The number of aliphatic hydroxyl groups is 1. The molecule has 0 atom stereocenters. The van der Waals surface area contributed by atoms with Crippen LogP contribution in [0.1, 0.15) is 11.1 Å². The summed E-state index contributed by atoms with van der Waals surface area (Å²) in [5.74, 6) is 0.520. The summed E-state index contributed by atoms with van der Waals surface area (Å²) in [6.45, 7) is 1.80. The Morgan fingerprint density at radius 1 is 1.00 bits per heavy atom. The normalized spacial score (nSPS) is 14.1. The minimum absolute atomic E-state index is 0.0979. The summed E-state index contributed by atoms with van der Waals surface area (Å²) in [5.41, 5.74) is 2.33. The molecule has 2 amide bonds. The van der Waals surface area contributed by atoms with Gasteiger partial charge in [0.1, 0.15) is 0 Å². The highest BCUT2D eigenvalue weighted by molar-refractivity contribution is 8.04. The Bertz CT molecular complexity index is 954. The molecule has 0 fully saturated rings. The topological polar surface area (TPSA) is 76.1 Å². The summed E-state index contributed by atoms with van der Waals surface area (Å²) in [6.07, 6.45) is 0. The fourth-order valence-electron chi connectivity index (χ4n) is 3.04. The van der Waals surface area contributed by atoms with E-state index >= 15 is 0 Å². The predicted molar refractivity (Wildman–Crippen MR) is 110 cm³/mol. The molecule has 1 aliphatic heterocycles. The lowest BCUT2D eigenvalue weighted by Crippen LogP contribution is -2.31. The Balaban J connectivity index is 2.11. The molecular weight excluding hydrogens is 378 g/mol. The number of anilines is 1. The molecule has 0 saturated heterocycles. The Labute approximate surface area is 167 Å². The molecular formula is C21H21NO5S. The lowest BCUT2D eigenvalue weighted by Gasteiger charge is -2.16. The number of methoxy groups -OCH3 is 2. The van der Waals surface area contributed by atoms with Gasteiger partial charge in [0.25, 0.3) is 11.8 Å². The molecule has 1 N–H and O–H groups in total. The van der Waals surface area contributed by atoms with Crippen molar-refractivity contribution in [2.24, 2.45) is 0 Å². The molecule has 6 nitrogen and oxygen atoms in total. The van der Waals surface area contributed by atoms with Gasteiger partial charge in [0.2, 0.25) is 0 Å². The predicted octanol–water partition coefficient (Wildman–Crippen LogP) is 3.02. The number of imide groups is 1. The Morgan fingerprint density at radius 3 is 2.39 bits per heavy atom. The maximum atomic E-state index is 13.3. The summed E-state index contributed by atoms with van der Waals surface area (Å²) in [7, 11) is 3.04. The van der Waals surface area contributed by atoms with Crippen molar-refractivity contribution < 1.29 is 24.2 Å². The number of aryl methyl sites for hydroxylation is 1. The van der Waals surface area contributed by atoms with Crippen LogP contribution in [-0.4, -0.2) is 43.5 Å². The average Bonchev–Trinajstić information content (AvgIpc) is 2.95. The second kappa shape index (κ2) is 8.50. The molecule has 28 heavy (non-hydrogen) atoms. The van der Waals surface area contributed by atoms with Gasteiger partial charge >= 0.3 is 0 Å². The third-order valence-electron chi connectivity index (χ3n) is 4.31. The third kappa shape index (κ3) is 3.63. The van der Waals surface area contributed by atoms with E-state index in [0.29, 0.717) is 39.0 Å². The highest BCUT2D eigenvalue weighted by atomic mass is 32.2. The minimum atomic E-state index is -0.400. The van der Waals surface area contributed by atoms with E-state index in [1.165, 1.54) is 30.9 Å². The zero-order valence-corrected chi connectivity index (χ0v) is 16.7. The van der Waals surface area contributed by atoms with Crippen molar-refractivity contribution in [1.29, 1.82) is 0 Å². The van der Waals surface area contributed by atoms with Gasteiger partial charge < -0.3 is 14.6 Å². The van der Waals surface area contributed by atoms with Crippen LogP contribution in [0.2, 0.25) is 0 Å². The van der Waals surface area contributed by atoms with Crippen molar-refractivity contribution >= 4 is 34.8 Å². The SMILES string of the molecule is COc1ccc(C2=C(SCCO)C(=O)N(c3cccc(C)c3)C2=O)cc1OC. The van der Waals surface area contributed by atoms with Crippen molar-refractivity contribution in [3.8, 4) is 11.5 Å². The van der Waals surface area contributed by atoms with E-state index in [0.717, 1.165) is 5.56 Å². The van der Waals surface area contributed by atoms with Crippen LogP contribution >= 0.6 is 11.8 Å². The first kappa shape index (κ1) is 20.0. The van der Waals surface area contributed by atoms with E-state index in [1.54, 1.807) is 36.4 Å². The number of carbonyl (C=O) groups is 2. The van der Waals surface area contributed by atoms with Gasteiger partial charge in [0.05, 0.1) is 37.0 Å². The molecule has 1 heterocycles. The number of ether oxygens (including phenoxy) is 2. The van der Waals surface area contributed by atoms with Crippen LogP contribution in [0, 0.1) is 6.92 Å². The molecule has 2 aromatic carbocycles. The van der Waals surface area contributed by atoms with E-state index in [9.17, 15) is 14.7 Å². The van der Waals surface area contributed by atoms with Gasteiger partial charge in [0.15, 0.2) is 11.5 Å². The van der Waals surface area contributed by atoms with Gasteiger partial charge in [-0.15, -0.1) is 11.8 Å². The summed E-state index contributed by atoms with van der Waals surface area (Å²) >= 11 is 1.17. The lowest BCUT2D eigenvalue weighted by molar-refractivity contribution is -0.119. The van der Waals surface area contributed by atoms with Gasteiger partial charge in [-0.2, -0.15) is 0 Å². The maximum absolute atomic E-state index is 13.3. The molecule has 1 aliphatic rings. The molecule has 0 aromatic heterocycles. The fraction of sp³-hybridized carbons (Fsp3) is 0.238. The zero-order chi connectivity index (χ0) is 20.3. The van der Waals surface area contributed by atoms with Crippen LogP contribution in [0.4, 0.5) is 5.69 Å². The molecule has 0 saturated carbocycles. The molecule has 0 bridgehead atoms. The van der Waals surface area contributed by atoms with Crippen molar-refractivity contribution in [2.75, 3.05) is 31.5 Å². The smallest absolute Gasteiger partial charge is 0.272 e. The number of amides is 2. The number of thioether (sulfide) groups is 1. The summed E-state index contributed by atoms with van der Waals surface area (Å²) in [4.78, 5) is 27.8. The number of hydrogen-bond acceptors (Lipinski definition) is 6. The van der Waals surface area contributed by atoms with Gasteiger partial charge in [-0.1, -0.05) is 18.2 Å².